The number of halogens is 2. The van der Waals surface area contributed by atoms with Crippen molar-refractivity contribution < 1.29 is 14.3 Å². The standard InChI is InChI=1S/C26H17Cl2N3O3/c27-17-4-7-21-14(10-17)2-1-9-31(21)25-24(23-13-16-11-18(28)5-8-22(16)34-23)29-19-6-3-15(26(32)33)12-20(19)30-25/h3-8,10-13H,1-2,9H2,(H,32,33). The quantitative estimate of drug-likeness (QED) is 0.290. The number of aryl methyl sites for hydroxylation is 1. The molecule has 0 radical (unpaired) electrons. The summed E-state index contributed by atoms with van der Waals surface area (Å²) in [7, 11) is 0. The first kappa shape index (κ1) is 21.0. The smallest absolute Gasteiger partial charge is 0.335 e. The zero-order valence-corrected chi connectivity index (χ0v) is 19.3. The minimum absolute atomic E-state index is 0.157. The molecule has 0 saturated carbocycles. The average Bonchev–Trinajstić information content (AvgIpc) is 3.25. The van der Waals surface area contributed by atoms with Crippen LogP contribution in [-0.2, 0) is 6.42 Å². The van der Waals surface area contributed by atoms with Gasteiger partial charge in [-0.25, -0.2) is 14.8 Å². The van der Waals surface area contributed by atoms with Gasteiger partial charge in [-0.05, 0) is 79.1 Å². The third-order valence-electron chi connectivity index (χ3n) is 6.02. The number of furan rings is 1. The molecule has 5 aromatic rings. The molecule has 0 spiro atoms. The van der Waals surface area contributed by atoms with E-state index in [4.69, 9.17) is 37.6 Å². The van der Waals surface area contributed by atoms with Gasteiger partial charge in [0.2, 0.25) is 0 Å². The molecule has 0 saturated heterocycles. The molecule has 3 heterocycles. The Labute approximate surface area is 204 Å². The van der Waals surface area contributed by atoms with E-state index >= 15 is 0 Å². The van der Waals surface area contributed by atoms with Gasteiger partial charge in [-0.1, -0.05) is 23.2 Å². The van der Waals surface area contributed by atoms with Crippen LogP contribution in [-0.4, -0.2) is 27.6 Å². The Kier molecular flexibility index (Phi) is 4.94. The van der Waals surface area contributed by atoms with Crippen LogP contribution < -0.4 is 4.90 Å². The Morgan fingerprint density at radius 3 is 2.62 bits per heavy atom. The Morgan fingerprint density at radius 2 is 1.76 bits per heavy atom. The van der Waals surface area contributed by atoms with Crippen LogP contribution in [0.5, 0.6) is 0 Å². The SMILES string of the molecule is O=C(O)c1ccc2nc(-c3cc4cc(Cl)ccc4o3)c(N3CCCc4cc(Cl)ccc43)nc2c1. The molecule has 6 rings (SSSR count). The van der Waals surface area contributed by atoms with Gasteiger partial charge in [0.25, 0.3) is 0 Å². The minimum atomic E-state index is -1.01. The van der Waals surface area contributed by atoms with Crippen LogP contribution in [0.25, 0.3) is 33.5 Å². The van der Waals surface area contributed by atoms with Crippen molar-refractivity contribution in [2.24, 2.45) is 0 Å². The number of rotatable bonds is 3. The zero-order chi connectivity index (χ0) is 23.4. The van der Waals surface area contributed by atoms with Crippen LogP contribution in [0.15, 0.2) is 65.1 Å². The number of carbonyl (C=O) groups is 1. The van der Waals surface area contributed by atoms with E-state index in [0.29, 0.717) is 43.9 Å². The van der Waals surface area contributed by atoms with Crippen LogP contribution in [0.2, 0.25) is 10.0 Å². The monoisotopic (exact) mass is 489 g/mol. The maximum absolute atomic E-state index is 11.5. The Morgan fingerprint density at radius 1 is 0.941 bits per heavy atom. The van der Waals surface area contributed by atoms with Gasteiger partial charge < -0.3 is 14.4 Å². The summed E-state index contributed by atoms with van der Waals surface area (Å²) >= 11 is 12.4. The van der Waals surface area contributed by atoms with Crippen molar-refractivity contribution in [2.45, 2.75) is 12.8 Å². The largest absolute Gasteiger partial charge is 0.478 e. The van der Waals surface area contributed by atoms with Gasteiger partial charge in [-0.2, -0.15) is 0 Å². The van der Waals surface area contributed by atoms with Gasteiger partial charge in [0.05, 0.1) is 16.6 Å². The molecule has 2 aromatic heterocycles. The van der Waals surface area contributed by atoms with E-state index in [1.807, 2.05) is 36.4 Å². The topological polar surface area (TPSA) is 79.5 Å². The van der Waals surface area contributed by atoms with Crippen molar-refractivity contribution in [3.8, 4) is 11.5 Å². The molecule has 6 nitrogen and oxygen atoms in total. The number of nitrogens with zero attached hydrogens (tertiary/aromatic N) is 3. The first-order chi connectivity index (χ1) is 16.5. The van der Waals surface area contributed by atoms with Gasteiger partial charge in [0.1, 0.15) is 11.3 Å². The van der Waals surface area contributed by atoms with Crippen LogP contribution in [0.3, 0.4) is 0 Å². The second-order valence-electron chi connectivity index (χ2n) is 8.23. The maximum Gasteiger partial charge on any atom is 0.335 e. The maximum atomic E-state index is 11.5. The first-order valence-electron chi connectivity index (χ1n) is 10.8. The van der Waals surface area contributed by atoms with E-state index in [1.54, 1.807) is 18.2 Å². The third-order valence-corrected chi connectivity index (χ3v) is 6.49. The number of aromatic carboxylic acids is 1. The molecule has 0 amide bonds. The molecule has 1 aliphatic rings. The number of carboxylic acid groups (broad SMARTS) is 1. The number of benzene rings is 3. The molecule has 3 aromatic carbocycles. The number of aromatic nitrogens is 2. The van der Waals surface area contributed by atoms with Gasteiger partial charge >= 0.3 is 5.97 Å². The molecular formula is C26H17Cl2N3O3. The van der Waals surface area contributed by atoms with E-state index in [9.17, 15) is 9.90 Å². The van der Waals surface area contributed by atoms with E-state index in [1.165, 1.54) is 6.07 Å². The Hall–Kier alpha value is -3.61. The summed E-state index contributed by atoms with van der Waals surface area (Å²) in [6.07, 6.45) is 1.83. The average molecular weight is 490 g/mol. The lowest BCUT2D eigenvalue weighted by atomic mass is 10.0. The molecule has 0 atom stereocenters. The van der Waals surface area contributed by atoms with E-state index in [2.05, 4.69) is 4.90 Å². The van der Waals surface area contributed by atoms with E-state index in [0.717, 1.165) is 36.0 Å². The highest BCUT2D eigenvalue weighted by Gasteiger charge is 2.26. The minimum Gasteiger partial charge on any atom is -0.478 e. The van der Waals surface area contributed by atoms with Crippen LogP contribution >= 0.6 is 23.2 Å². The number of hydrogen-bond acceptors (Lipinski definition) is 5. The van der Waals surface area contributed by atoms with Gasteiger partial charge in [0, 0.05) is 27.7 Å². The van der Waals surface area contributed by atoms with Crippen LogP contribution in [0, 0.1) is 0 Å². The molecule has 34 heavy (non-hydrogen) atoms. The second-order valence-corrected chi connectivity index (χ2v) is 9.10. The molecule has 1 aliphatic heterocycles. The summed E-state index contributed by atoms with van der Waals surface area (Å²) in [5, 5.41) is 11.6. The molecule has 8 heteroatoms. The third kappa shape index (κ3) is 3.56. The molecule has 168 valence electrons. The summed E-state index contributed by atoms with van der Waals surface area (Å²) in [5.41, 5.74) is 4.63. The molecular weight excluding hydrogens is 473 g/mol. The normalized spacial score (nSPS) is 13.4. The first-order valence-corrected chi connectivity index (χ1v) is 11.5. The lowest BCUT2D eigenvalue weighted by Crippen LogP contribution is -2.26. The highest BCUT2D eigenvalue weighted by Crippen LogP contribution is 2.40. The summed E-state index contributed by atoms with van der Waals surface area (Å²) in [6.45, 7) is 0.729. The summed E-state index contributed by atoms with van der Waals surface area (Å²) in [5.74, 6) is 0.148. The van der Waals surface area contributed by atoms with Crippen LogP contribution in [0.4, 0.5) is 11.5 Å². The fourth-order valence-electron chi connectivity index (χ4n) is 4.45. The van der Waals surface area contributed by atoms with Crippen molar-refractivity contribution >= 4 is 62.7 Å². The van der Waals surface area contributed by atoms with Crippen molar-refractivity contribution in [3.05, 3.63) is 81.8 Å². The molecule has 0 unspecified atom stereocenters. The van der Waals surface area contributed by atoms with Crippen molar-refractivity contribution in [1.29, 1.82) is 0 Å². The highest BCUT2D eigenvalue weighted by atomic mass is 35.5. The van der Waals surface area contributed by atoms with Crippen LogP contribution in [0.1, 0.15) is 22.3 Å². The molecule has 0 aliphatic carbocycles. The fourth-order valence-corrected chi connectivity index (χ4v) is 4.82. The summed E-state index contributed by atoms with van der Waals surface area (Å²) < 4.78 is 6.16. The summed E-state index contributed by atoms with van der Waals surface area (Å²) in [6, 6.07) is 17.9. The van der Waals surface area contributed by atoms with Gasteiger partial charge in [-0.3, -0.25) is 0 Å². The van der Waals surface area contributed by atoms with Crippen molar-refractivity contribution in [1.82, 2.24) is 9.97 Å². The van der Waals surface area contributed by atoms with E-state index < -0.39 is 5.97 Å². The predicted molar refractivity (Wildman–Crippen MR) is 133 cm³/mol. The highest BCUT2D eigenvalue weighted by molar-refractivity contribution is 6.31. The lowest BCUT2D eigenvalue weighted by Gasteiger charge is -2.31. The van der Waals surface area contributed by atoms with Crippen molar-refractivity contribution in [3.63, 3.8) is 0 Å². The number of carboxylic acids is 1. The Balaban J connectivity index is 1.61. The van der Waals surface area contributed by atoms with Crippen molar-refractivity contribution in [2.75, 3.05) is 11.4 Å². The predicted octanol–water partition coefficient (Wildman–Crippen LogP) is 7.13. The van der Waals surface area contributed by atoms with Gasteiger partial charge in [-0.15, -0.1) is 0 Å². The number of anilines is 2. The number of hydrogen-bond donors (Lipinski definition) is 1. The molecule has 0 bridgehead atoms. The van der Waals surface area contributed by atoms with Gasteiger partial charge in [0.15, 0.2) is 11.6 Å². The molecule has 0 fully saturated rings. The lowest BCUT2D eigenvalue weighted by molar-refractivity contribution is 0.0697. The summed E-state index contributed by atoms with van der Waals surface area (Å²) in [4.78, 5) is 23.4. The zero-order valence-electron chi connectivity index (χ0n) is 17.8. The Bertz CT molecular complexity index is 1610. The fraction of sp³-hybridized carbons (Fsp3) is 0.115. The molecule has 1 N–H and O–H groups in total. The van der Waals surface area contributed by atoms with E-state index in [-0.39, 0.29) is 5.56 Å². The number of fused-ring (bicyclic) bond motifs is 3. The second kappa shape index (κ2) is 8.01.